The SMILES string of the molecule is CCC1(C(=O)Nc2ccc(Cl)c(S(N)(=O)=O)c2)CCCC1. The van der Waals surface area contributed by atoms with E-state index < -0.39 is 10.0 Å². The molecule has 0 heterocycles. The number of carbonyl (C=O) groups is 1. The second-order valence-electron chi connectivity index (χ2n) is 5.49. The monoisotopic (exact) mass is 330 g/mol. The number of benzene rings is 1. The number of anilines is 1. The zero-order valence-electron chi connectivity index (χ0n) is 11.9. The summed E-state index contributed by atoms with van der Waals surface area (Å²) in [5, 5.41) is 7.95. The molecule has 0 aliphatic heterocycles. The Hall–Kier alpha value is -1.11. The molecule has 0 atom stereocenters. The van der Waals surface area contributed by atoms with Gasteiger partial charge >= 0.3 is 0 Å². The van der Waals surface area contributed by atoms with Gasteiger partial charge in [-0.05, 0) is 37.5 Å². The van der Waals surface area contributed by atoms with Crippen LogP contribution >= 0.6 is 11.6 Å². The Morgan fingerprint density at radius 1 is 1.38 bits per heavy atom. The molecule has 1 aromatic rings. The van der Waals surface area contributed by atoms with E-state index in [-0.39, 0.29) is 21.2 Å². The summed E-state index contributed by atoms with van der Waals surface area (Å²) in [5.74, 6) is -0.0646. The van der Waals surface area contributed by atoms with Gasteiger partial charge in [-0.25, -0.2) is 13.6 Å². The lowest BCUT2D eigenvalue weighted by Crippen LogP contribution is -2.33. The van der Waals surface area contributed by atoms with Gasteiger partial charge in [-0.2, -0.15) is 0 Å². The number of hydrogen-bond acceptors (Lipinski definition) is 3. The van der Waals surface area contributed by atoms with Crippen LogP contribution in [0, 0.1) is 5.41 Å². The Labute approximate surface area is 129 Å². The van der Waals surface area contributed by atoms with E-state index in [2.05, 4.69) is 5.32 Å². The molecule has 1 aliphatic carbocycles. The summed E-state index contributed by atoms with van der Waals surface area (Å²) < 4.78 is 22.9. The van der Waals surface area contributed by atoms with Crippen LogP contribution in [0.1, 0.15) is 39.0 Å². The van der Waals surface area contributed by atoms with E-state index in [1.54, 1.807) is 6.07 Å². The molecule has 21 heavy (non-hydrogen) atoms. The second kappa shape index (κ2) is 5.94. The molecular weight excluding hydrogens is 312 g/mol. The van der Waals surface area contributed by atoms with E-state index >= 15 is 0 Å². The van der Waals surface area contributed by atoms with Crippen LogP contribution in [0.4, 0.5) is 5.69 Å². The third-order valence-corrected chi connectivity index (χ3v) is 5.61. The average molecular weight is 331 g/mol. The lowest BCUT2D eigenvalue weighted by molar-refractivity contribution is -0.125. The van der Waals surface area contributed by atoms with Gasteiger partial charge in [0.25, 0.3) is 0 Å². The van der Waals surface area contributed by atoms with Crippen LogP contribution in [0.5, 0.6) is 0 Å². The van der Waals surface area contributed by atoms with Crippen LogP contribution in [-0.4, -0.2) is 14.3 Å². The minimum atomic E-state index is -3.91. The highest BCUT2D eigenvalue weighted by molar-refractivity contribution is 7.89. The number of primary sulfonamides is 1. The van der Waals surface area contributed by atoms with E-state index in [1.165, 1.54) is 12.1 Å². The predicted octanol–water partition coefficient (Wildman–Crippen LogP) is 2.90. The number of hydrogen-bond donors (Lipinski definition) is 2. The molecule has 0 aromatic heterocycles. The van der Waals surface area contributed by atoms with Crippen LogP contribution in [0.15, 0.2) is 23.1 Å². The summed E-state index contributed by atoms with van der Waals surface area (Å²) in [6.07, 6.45) is 4.60. The Balaban J connectivity index is 2.26. The van der Waals surface area contributed by atoms with Gasteiger partial charge in [0.05, 0.1) is 5.02 Å². The first-order valence-electron chi connectivity index (χ1n) is 6.92. The van der Waals surface area contributed by atoms with E-state index in [4.69, 9.17) is 16.7 Å². The summed E-state index contributed by atoms with van der Waals surface area (Å²) in [4.78, 5) is 12.3. The lowest BCUT2D eigenvalue weighted by Gasteiger charge is -2.26. The van der Waals surface area contributed by atoms with Gasteiger partial charge in [-0.3, -0.25) is 4.79 Å². The minimum Gasteiger partial charge on any atom is -0.326 e. The lowest BCUT2D eigenvalue weighted by atomic mass is 9.82. The van der Waals surface area contributed by atoms with Crippen molar-refractivity contribution in [2.75, 3.05) is 5.32 Å². The van der Waals surface area contributed by atoms with Crippen molar-refractivity contribution in [2.45, 2.75) is 43.9 Å². The van der Waals surface area contributed by atoms with Crippen LogP contribution in [0.25, 0.3) is 0 Å². The third-order valence-electron chi connectivity index (χ3n) is 4.21. The molecule has 0 bridgehead atoms. The van der Waals surface area contributed by atoms with Gasteiger partial charge in [0.2, 0.25) is 15.9 Å². The van der Waals surface area contributed by atoms with Gasteiger partial charge in [-0.1, -0.05) is 31.4 Å². The van der Waals surface area contributed by atoms with E-state index in [0.717, 1.165) is 32.1 Å². The number of nitrogens with two attached hydrogens (primary N) is 1. The van der Waals surface area contributed by atoms with Crippen LogP contribution in [0.3, 0.4) is 0 Å². The van der Waals surface area contributed by atoms with Crippen molar-refractivity contribution >= 4 is 33.2 Å². The van der Waals surface area contributed by atoms with Gasteiger partial charge < -0.3 is 5.32 Å². The molecule has 5 nitrogen and oxygen atoms in total. The van der Waals surface area contributed by atoms with Crippen LogP contribution in [-0.2, 0) is 14.8 Å². The molecule has 3 N–H and O–H groups in total. The second-order valence-corrected chi connectivity index (χ2v) is 7.42. The molecule has 0 unspecified atom stereocenters. The number of sulfonamides is 1. The highest BCUT2D eigenvalue weighted by Gasteiger charge is 2.39. The highest BCUT2D eigenvalue weighted by atomic mass is 35.5. The maximum Gasteiger partial charge on any atom is 0.239 e. The van der Waals surface area contributed by atoms with Gasteiger partial charge in [-0.15, -0.1) is 0 Å². The number of carbonyl (C=O) groups excluding carboxylic acids is 1. The van der Waals surface area contributed by atoms with Crippen molar-refractivity contribution in [2.24, 2.45) is 10.6 Å². The first-order chi connectivity index (χ1) is 9.78. The topological polar surface area (TPSA) is 89.3 Å². The first kappa shape index (κ1) is 16.3. The molecule has 1 amide bonds. The Morgan fingerprint density at radius 2 is 2.00 bits per heavy atom. The maximum atomic E-state index is 12.5. The fourth-order valence-corrected chi connectivity index (χ4v) is 3.93. The maximum absolute atomic E-state index is 12.5. The summed E-state index contributed by atoms with van der Waals surface area (Å²) in [6, 6.07) is 4.30. The fourth-order valence-electron chi connectivity index (χ4n) is 2.86. The molecular formula is C14H19ClN2O3S. The molecule has 2 rings (SSSR count). The van der Waals surface area contributed by atoms with E-state index in [9.17, 15) is 13.2 Å². The highest BCUT2D eigenvalue weighted by Crippen LogP contribution is 2.42. The molecule has 7 heteroatoms. The van der Waals surface area contributed by atoms with Crippen molar-refractivity contribution in [1.82, 2.24) is 0 Å². The Bertz CT molecular complexity index is 652. The van der Waals surface area contributed by atoms with Gasteiger partial charge in [0, 0.05) is 11.1 Å². The molecule has 116 valence electrons. The van der Waals surface area contributed by atoms with Crippen molar-refractivity contribution in [3.05, 3.63) is 23.2 Å². The zero-order chi connectivity index (χ0) is 15.7. The van der Waals surface area contributed by atoms with Crippen LogP contribution in [0.2, 0.25) is 5.02 Å². The molecule has 0 radical (unpaired) electrons. The Morgan fingerprint density at radius 3 is 2.52 bits per heavy atom. The number of rotatable bonds is 4. The number of halogens is 1. The molecule has 1 fully saturated rings. The minimum absolute atomic E-state index is 0.0431. The zero-order valence-corrected chi connectivity index (χ0v) is 13.4. The number of amides is 1. The third kappa shape index (κ3) is 3.39. The van der Waals surface area contributed by atoms with Crippen molar-refractivity contribution in [1.29, 1.82) is 0 Å². The summed E-state index contributed by atoms with van der Waals surface area (Å²) in [7, 11) is -3.91. The van der Waals surface area contributed by atoms with Crippen LogP contribution < -0.4 is 10.5 Å². The smallest absolute Gasteiger partial charge is 0.239 e. The fraction of sp³-hybridized carbons (Fsp3) is 0.500. The summed E-state index contributed by atoms with van der Waals surface area (Å²) >= 11 is 5.83. The van der Waals surface area contributed by atoms with Crippen molar-refractivity contribution in [3.8, 4) is 0 Å². The quantitative estimate of drug-likeness (QED) is 0.889. The molecule has 1 aromatic carbocycles. The Kier molecular flexibility index (Phi) is 4.60. The van der Waals surface area contributed by atoms with E-state index in [1.807, 2.05) is 6.92 Å². The molecule has 0 spiro atoms. The molecule has 0 saturated heterocycles. The molecule has 1 aliphatic rings. The van der Waals surface area contributed by atoms with Crippen molar-refractivity contribution in [3.63, 3.8) is 0 Å². The molecule has 1 saturated carbocycles. The largest absolute Gasteiger partial charge is 0.326 e. The van der Waals surface area contributed by atoms with Gasteiger partial charge in [0.15, 0.2) is 0 Å². The average Bonchev–Trinajstić information content (AvgIpc) is 2.89. The van der Waals surface area contributed by atoms with E-state index in [0.29, 0.717) is 5.69 Å². The summed E-state index contributed by atoms with van der Waals surface area (Å²) in [5.41, 5.74) is 0.0506. The first-order valence-corrected chi connectivity index (χ1v) is 8.85. The predicted molar refractivity (Wildman–Crippen MR) is 82.6 cm³/mol. The summed E-state index contributed by atoms with van der Waals surface area (Å²) in [6.45, 7) is 2.00. The van der Waals surface area contributed by atoms with Gasteiger partial charge in [0.1, 0.15) is 4.90 Å². The van der Waals surface area contributed by atoms with Crippen molar-refractivity contribution < 1.29 is 13.2 Å². The number of nitrogens with one attached hydrogen (secondary N) is 1. The standard InChI is InChI=1S/C14H19ClN2O3S/c1-2-14(7-3-4-8-14)13(18)17-10-5-6-11(15)12(9-10)21(16,19)20/h5-6,9H,2-4,7-8H2,1H3,(H,17,18)(H2,16,19,20). The normalized spacial score (nSPS) is 17.7.